The Morgan fingerprint density at radius 1 is 1.09 bits per heavy atom. The molecule has 6 nitrogen and oxygen atoms in total. The van der Waals surface area contributed by atoms with Crippen molar-refractivity contribution < 1.29 is 4.39 Å². The lowest BCUT2D eigenvalue weighted by molar-refractivity contribution is 0.489. The van der Waals surface area contributed by atoms with Gasteiger partial charge in [-0.3, -0.25) is 0 Å². The fraction of sp³-hybridized carbons (Fsp3) is 0.261. The van der Waals surface area contributed by atoms with Crippen molar-refractivity contribution in [3.63, 3.8) is 0 Å². The van der Waals surface area contributed by atoms with Gasteiger partial charge in [-0.2, -0.15) is 4.98 Å². The van der Waals surface area contributed by atoms with Crippen LogP contribution in [0.15, 0.2) is 42.6 Å². The van der Waals surface area contributed by atoms with E-state index in [1.807, 2.05) is 10.6 Å². The summed E-state index contributed by atoms with van der Waals surface area (Å²) in [7, 11) is 0. The van der Waals surface area contributed by atoms with Gasteiger partial charge >= 0.3 is 0 Å². The predicted octanol–water partition coefficient (Wildman–Crippen LogP) is 5.81. The number of halogens is 4. The van der Waals surface area contributed by atoms with Gasteiger partial charge in [0, 0.05) is 13.1 Å². The van der Waals surface area contributed by atoms with Crippen molar-refractivity contribution in [1.82, 2.24) is 24.8 Å². The second kappa shape index (κ2) is 9.43. The molecule has 0 spiro atoms. The summed E-state index contributed by atoms with van der Waals surface area (Å²) in [5.41, 5.74) is 2.42. The van der Waals surface area contributed by atoms with Crippen LogP contribution in [0, 0.1) is 11.7 Å². The number of imidazole rings is 1. The van der Waals surface area contributed by atoms with Crippen molar-refractivity contribution in [2.75, 3.05) is 18.4 Å². The molecule has 1 unspecified atom stereocenters. The SMILES string of the molecule is Fc1cccc(Cl)c1-c1nc2cnc(NCc3ccc(Cl)c(Cl)c3)nc2n1CC1CCNC1. The Morgan fingerprint density at radius 2 is 1.97 bits per heavy atom. The van der Waals surface area contributed by atoms with Gasteiger partial charge in [0.25, 0.3) is 0 Å². The normalized spacial score (nSPS) is 15.9. The number of nitrogens with one attached hydrogen (secondary N) is 2. The van der Waals surface area contributed by atoms with Crippen molar-refractivity contribution in [1.29, 1.82) is 0 Å². The summed E-state index contributed by atoms with van der Waals surface area (Å²) in [5.74, 6) is 0.852. The van der Waals surface area contributed by atoms with Gasteiger partial charge in [-0.1, -0.05) is 46.9 Å². The van der Waals surface area contributed by atoms with Gasteiger partial charge in [0.1, 0.15) is 17.2 Å². The molecule has 4 aromatic rings. The number of fused-ring (bicyclic) bond motifs is 1. The number of benzene rings is 2. The Bertz CT molecular complexity index is 1300. The molecule has 33 heavy (non-hydrogen) atoms. The van der Waals surface area contributed by atoms with Gasteiger partial charge in [0.2, 0.25) is 5.95 Å². The highest BCUT2D eigenvalue weighted by Crippen LogP contribution is 2.33. The molecule has 2 aromatic carbocycles. The standard InChI is InChI=1S/C23H20Cl3FN6/c24-15-5-4-13(8-17(15)26)10-29-23-30-11-19-21(32-23)33(12-14-6-7-28-9-14)22(31-19)20-16(25)2-1-3-18(20)27/h1-5,8,11,14,28H,6-7,9-10,12H2,(H,29,30,32). The van der Waals surface area contributed by atoms with E-state index in [1.165, 1.54) is 6.07 Å². The third-order valence-electron chi connectivity index (χ3n) is 5.71. The van der Waals surface area contributed by atoms with E-state index >= 15 is 0 Å². The minimum absolute atomic E-state index is 0.272. The summed E-state index contributed by atoms with van der Waals surface area (Å²) in [6.45, 7) is 2.96. The molecule has 1 fully saturated rings. The largest absolute Gasteiger partial charge is 0.350 e. The van der Waals surface area contributed by atoms with E-state index in [0.717, 1.165) is 25.1 Å². The second-order valence-corrected chi connectivity index (χ2v) is 9.23. The molecule has 0 amide bonds. The van der Waals surface area contributed by atoms with Crippen LogP contribution in [-0.2, 0) is 13.1 Å². The molecule has 1 saturated heterocycles. The van der Waals surface area contributed by atoms with Crippen molar-refractivity contribution in [3.05, 3.63) is 69.0 Å². The van der Waals surface area contributed by atoms with E-state index in [1.54, 1.807) is 30.5 Å². The number of nitrogens with zero attached hydrogens (tertiary/aromatic N) is 4. The molecule has 2 aromatic heterocycles. The molecule has 1 aliphatic rings. The zero-order valence-electron chi connectivity index (χ0n) is 17.5. The smallest absolute Gasteiger partial charge is 0.225 e. The van der Waals surface area contributed by atoms with E-state index in [2.05, 4.69) is 20.6 Å². The van der Waals surface area contributed by atoms with Crippen molar-refractivity contribution in [3.8, 4) is 11.4 Å². The number of hydrogen-bond acceptors (Lipinski definition) is 5. The molecular weight excluding hydrogens is 486 g/mol. The molecule has 1 atom stereocenters. The second-order valence-electron chi connectivity index (χ2n) is 8.01. The van der Waals surface area contributed by atoms with E-state index in [0.29, 0.717) is 57.0 Å². The highest BCUT2D eigenvalue weighted by molar-refractivity contribution is 6.42. The first-order valence-corrected chi connectivity index (χ1v) is 11.7. The first-order valence-electron chi connectivity index (χ1n) is 10.6. The fourth-order valence-electron chi connectivity index (χ4n) is 4.04. The monoisotopic (exact) mass is 504 g/mol. The maximum absolute atomic E-state index is 14.8. The van der Waals surface area contributed by atoms with Crippen LogP contribution < -0.4 is 10.6 Å². The lowest BCUT2D eigenvalue weighted by Crippen LogP contribution is -2.16. The van der Waals surface area contributed by atoms with Crippen molar-refractivity contribution in [2.24, 2.45) is 5.92 Å². The van der Waals surface area contributed by atoms with Crippen molar-refractivity contribution in [2.45, 2.75) is 19.5 Å². The van der Waals surface area contributed by atoms with Crippen LogP contribution in [0.2, 0.25) is 15.1 Å². The highest BCUT2D eigenvalue weighted by Gasteiger charge is 2.24. The fourth-order valence-corrected chi connectivity index (χ4v) is 4.61. The summed E-state index contributed by atoms with van der Waals surface area (Å²) in [6.07, 6.45) is 2.67. The average molecular weight is 506 g/mol. The topological polar surface area (TPSA) is 67.7 Å². The van der Waals surface area contributed by atoms with Crippen LogP contribution >= 0.6 is 34.8 Å². The van der Waals surface area contributed by atoms with Gasteiger partial charge in [-0.25, -0.2) is 14.4 Å². The summed E-state index contributed by atoms with van der Waals surface area (Å²) in [5, 5.41) is 7.89. The minimum atomic E-state index is -0.422. The summed E-state index contributed by atoms with van der Waals surface area (Å²) in [4.78, 5) is 13.8. The molecule has 1 aliphatic heterocycles. The quantitative estimate of drug-likeness (QED) is 0.346. The van der Waals surface area contributed by atoms with Gasteiger partial charge in [0.15, 0.2) is 5.65 Å². The molecule has 170 valence electrons. The summed E-state index contributed by atoms with van der Waals surface area (Å²) < 4.78 is 16.7. The molecule has 0 bridgehead atoms. The Labute approximate surface area is 205 Å². The number of hydrogen-bond donors (Lipinski definition) is 2. The number of aromatic nitrogens is 4. The molecule has 5 rings (SSSR count). The van der Waals surface area contributed by atoms with E-state index in [9.17, 15) is 4.39 Å². The van der Waals surface area contributed by atoms with Crippen LogP contribution in [0.5, 0.6) is 0 Å². The Hall–Kier alpha value is -2.45. The zero-order valence-corrected chi connectivity index (χ0v) is 19.7. The first-order chi connectivity index (χ1) is 16.0. The Morgan fingerprint density at radius 3 is 2.73 bits per heavy atom. The van der Waals surface area contributed by atoms with Gasteiger partial charge < -0.3 is 15.2 Å². The maximum atomic E-state index is 14.8. The number of anilines is 1. The third kappa shape index (κ3) is 4.64. The van der Waals surface area contributed by atoms with Gasteiger partial charge in [-0.15, -0.1) is 0 Å². The molecule has 3 heterocycles. The van der Waals surface area contributed by atoms with Crippen LogP contribution in [0.1, 0.15) is 12.0 Å². The third-order valence-corrected chi connectivity index (χ3v) is 6.77. The molecule has 10 heteroatoms. The van der Waals surface area contributed by atoms with Crippen LogP contribution in [0.25, 0.3) is 22.6 Å². The van der Waals surface area contributed by atoms with E-state index in [-0.39, 0.29) is 5.56 Å². The Kier molecular flexibility index (Phi) is 6.38. The lowest BCUT2D eigenvalue weighted by Gasteiger charge is -2.14. The zero-order chi connectivity index (χ0) is 22.9. The number of rotatable bonds is 6. The molecular formula is C23H20Cl3FN6. The average Bonchev–Trinajstić information content (AvgIpc) is 3.43. The Balaban J connectivity index is 1.53. The van der Waals surface area contributed by atoms with E-state index < -0.39 is 5.82 Å². The molecule has 2 N–H and O–H groups in total. The minimum Gasteiger partial charge on any atom is -0.350 e. The lowest BCUT2D eigenvalue weighted by atomic mass is 10.1. The van der Waals surface area contributed by atoms with Crippen LogP contribution in [0.4, 0.5) is 10.3 Å². The molecule has 0 saturated carbocycles. The molecule has 0 radical (unpaired) electrons. The van der Waals surface area contributed by atoms with Gasteiger partial charge in [-0.05, 0) is 55.3 Å². The molecule has 0 aliphatic carbocycles. The van der Waals surface area contributed by atoms with Crippen LogP contribution in [-0.4, -0.2) is 32.6 Å². The van der Waals surface area contributed by atoms with Gasteiger partial charge in [0.05, 0.1) is 26.8 Å². The summed E-state index contributed by atoms with van der Waals surface area (Å²) >= 11 is 18.5. The highest BCUT2D eigenvalue weighted by atomic mass is 35.5. The maximum Gasteiger partial charge on any atom is 0.225 e. The van der Waals surface area contributed by atoms with Crippen molar-refractivity contribution >= 4 is 51.9 Å². The first kappa shape index (κ1) is 22.3. The summed E-state index contributed by atoms with van der Waals surface area (Å²) in [6, 6.07) is 10.1. The predicted molar refractivity (Wildman–Crippen MR) is 130 cm³/mol. The van der Waals surface area contributed by atoms with E-state index in [4.69, 9.17) is 39.8 Å². The van der Waals surface area contributed by atoms with Crippen LogP contribution in [0.3, 0.4) is 0 Å².